The van der Waals surface area contributed by atoms with E-state index in [0.29, 0.717) is 12.4 Å². The normalized spacial score (nSPS) is 11.0. The quantitative estimate of drug-likeness (QED) is 0.542. The highest BCUT2D eigenvalue weighted by atomic mass is 35.5. The van der Waals surface area contributed by atoms with Crippen molar-refractivity contribution < 1.29 is 4.74 Å². The Balaban J connectivity index is 1.51. The van der Waals surface area contributed by atoms with Gasteiger partial charge in [-0.3, -0.25) is 0 Å². The molecule has 2 heterocycles. The first-order valence-corrected chi connectivity index (χ1v) is 8.60. The number of rotatable bonds is 5. The van der Waals surface area contributed by atoms with Gasteiger partial charge in [-0.2, -0.15) is 9.61 Å². The Kier molecular flexibility index (Phi) is 4.15. The zero-order chi connectivity index (χ0) is 16.4. The molecule has 2 aromatic carbocycles. The summed E-state index contributed by atoms with van der Waals surface area (Å²) in [5, 5.41) is 14.6. The van der Waals surface area contributed by atoms with Crippen molar-refractivity contribution in [1.82, 2.24) is 19.8 Å². The molecule has 24 heavy (non-hydrogen) atoms. The summed E-state index contributed by atoms with van der Waals surface area (Å²) in [6.07, 6.45) is 0.740. The van der Waals surface area contributed by atoms with E-state index in [1.165, 1.54) is 11.3 Å². The van der Waals surface area contributed by atoms with Crippen LogP contribution in [-0.2, 0) is 13.0 Å². The van der Waals surface area contributed by atoms with Crippen molar-refractivity contribution in [3.05, 3.63) is 76.0 Å². The Morgan fingerprint density at radius 3 is 2.58 bits per heavy atom. The van der Waals surface area contributed by atoms with Crippen LogP contribution in [0.15, 0.2) is 54.6 Å². The van der Waals surface area contributed by atoms with Gasteiger partial charge >= 0.3 is 0 Å². The maximum absolute atomic E-state index is 5.92. The number of fused-ring (bicyclic) bond motifs is 1. The van der Waals surface area contributed by atoms with E-state index < -0.39 is 0 Å². The first-order valence-electron chi connectivity index (χ1n) is 7.40. The number of halogens is 1. The van der Waals surface area contributed by atoms with Gasteiger partial charge in [0, 0.05) is 11.4 Å². The molecule has 2 aromatic heterocycles. The van der Waals surface area contributed by atoms with Crippen molar-refractivity contribution in [1.29, 1.82) is 0 Å². The molecule has 7 heteroatoms. The Bertz CT molecular complexity index is 950. The lowest BCUT2D eigenvalue weighted by Gasteiger charge is -2.03. The molecule has 0 saturated carbocycles. The predicted octanol–water partition coefficient (Wildman–Crippen LogP) is 4.01. The topological polar surface area (TPSA) is 52.3 Å². The Morgan fingerprint density at radius 2 is 1.79 bits per heavy atom. The van der Waals surface area contributed by atoms with Crippen molar-refractivity contribution >= 4 is 27.9 Å². The van der Waals surface area contributed by atoms with E-state index in [2.05, 4.69) is 15.3 Å². The van der Waals surface area contributed by atoms with E-state index in [-0.39, 0.29) is 0 Å². The standard InChI is InChI=1S/C17H13ClN4OS/c18-13-8-6-12(7-9-13)10-16-21-22-15(19-20-17(22)24-16)11-23-14-4-2-1-3-5-14/h1-9H,10-11H2. The fraction of sp³-hybridized carbons (Fsp3) is 0.118. The lowest BCUT2D eigenvalue weighted by molar-refractivity contribution is 0.292. The van der Waals surface area contributed by atoms with Crippen LogP contribution in [-0.4, -0.2) is 19.8 Å². The SMILES string of the molecule is Clc1ccc(Cc2nn3c(COc4ccccc4)nnc3s2)cc1. The predicted molar refractivity (Wildman–Crippen MR) is 93.7 cm³/mol. The fourth-order valence-corrected chi connectivity index (χ4v) is 3.31. The molecule has 0 N–H and O–H groups in total. The van der Waals surface area contributed by atoms with Crippen molar-refractivity contribution in [2.24, 2.45) is 0 Å². The van der Waals surface area contributed by atoms with Crippen molar-refractivity contribution in [2.75, 3.05) is 0 Å². The smallest absolute Gasteiger partial charge is 0.234 e. The minimum absolute atomic E-state index is 0.329. The van der Waals surface area contributed by atoms with Crippen LogP contribution in [0.2, 0.25) is 5.02 Å². The average molecular weight is 357 g/mol. The average Bonchev–Trinajstić information content (AvgIpc) is 3.16. The van der Waals surface area contributed by atoms with Gasteiger partial charge in [0.1, 0.15) is 17.4 Å². The summed E-state index contributed by atoms with van der Waals surface area (Å²) in [7, 11) is 0. The number of aromatic nitrogens is 4. The van der Waals surface area contributed by atoms with Gasteiger partial charge in [-0.1, -0.05) is 53.3 Å². The van der Waals surface area contributed by atoms with Crippen LogP contribution in [0.5, 0.6) is 5.75 Å². The maximum Gasteiger partial charge on any atom is 0.234 e. The highest BCUT2D eigenvalue weighted by Gasteiger charge is 2.12. The highest BCUT2D eigenvalue weighted by molar-refractivity contribution is 7.16. The molecule has 4 aromatic rings. The summed E-state index contributed by atoms with van der Waals surface area (Å²) in [6, 6.07) is 17.4. The molecule has 0 atom stereocenters. The molecule has 0 unspecified atom stereocenters. The van der Waals surface area contributed by atoms with Crippen molar-refractivity contribution in [2.45, 2.75) is 13.0 Å². The second-order valence-corrected chi connectivity index (χ2v) is 6.69. The van der Waals surface area contributed by atoms with Crippen LogP contribution < -0.4 is 4.74 Å². The molecule has 0 amide bonds. The van der Waals surface area contributed by atoms with Gasteiger partial charge < -0.3 is 4.74 Å². The first-order chi connectivity index (χ1) is 11.8. The molecule has 0 bridgehead atoms. The molecular weight excluding hydrogens is 344 g/mol. The van der Waals surface area contributed by atoms with E-state index in [0.717, 1.165) is 32.7 Å². The van der Waals surface area contributed by atoms with Crippen LogP contribution in [0.25, 0.3) is 4.96 Å². The molecule has 0 spiro atoms. The first kappa shape index (κ1) is 15.1. The van der Waals surface area contributed by atoms with Crippen LogP contribution in [0.4, 0.5) is 0 Å². The highest BCUT2D eigenvalue weighted by Crippen LogP contribution is 2.19. The number of hydrogen-bond acceptors (Lipinski definition) is 5. The number of para-hydroxylation sites is 1. The molecule has 0 fully saturated rings. The van der Waals surface area contributed by atoms with Crippen LogP contribution in [0.3, 0.4) is 0 Å². The summed E-state index contributed by atoms with van der Waals surface area (Å²) in [5.41, 5.74) is 1.16. The minimum atomic E-state index is 0.329. The molecule has 0 radical (unpaired) electrons. The number of nitrogens with zero attached hydrogens (tertiary/aromatic N) is 4. The zero-order valence-electron chi connectivity index (χ0n) is 12.6. The second-order valence-electron chi connectivity index (χ2n) is 5.21. The largest absolute Gasteiger partial charge is 0.486 e. The third-order valence-corrected chi connectivity index (χ3v) is 4.63. The lowest BCUT2D eigenvalue weighted by Crippen LogP contribution is -2.02. The van der Waals surface area contributed by atoms with Gasteiger partial charge in [0.15, 0.2) is 5.82 Å². The molecule has 0 aliphatic carbocycles. The van der Waals surface area contributed by atoms with Gasteiger partial charge in [0.2, 0.25) is 4.96 Å². The fourth-order valence-electron chi connectivity index (χ4n) is 2.30. The molecule has 0 aliphatic rings. The Hall–Kier alpha value is -2.44. The van der Waals surface area contributed by atoms with Crippen molar-refractivity contribution in [3.63, 3.8) is 0 Å². The number of hydrogen-bond donors (Lipinski definition) is 0. The van der Waals surface area contributed by atoms with E-state index in [9.17, 15) is 0 Å². The van der Waals surface area contributed by atoms with Crippen molar-refractivity contribution in [3.8, 4) is 5.75 Å². The number of ether oxygens (including phenoxy) is 1. The Morgan fingerprint density at radius 1 is 1.00 bits per heavy atom. The summed E-state index contributed by atoms with van der Waals surface area (Å²) < 4.78 is 7.47. The van der Waals surface area contributed by atoms with Gasteiger partial charge in [-0.25, -0.2) is 0 Å². The summed E-state index contributed by atoms with van der Waals surface area (Å²) in [5.74, 6) is 1.48. The summed E-state index contributed by atoms with van der Waals surface area (Å²) >= 11 is 7.45. The van der Waals surface area contributed by atoms with E-state index in [4.69, 9.17) is 16.3 Å². The molecule has 4 rings (SSSR count). The van der Waals surface area contributed by atoms with Gasteiger partial charge in [-0.05, 0) is 29.8 Å². The molecular formula is C17H13ClN4OS. The monoisotopic (exact) mass is 356 g/mol. The van der Waals surface area contributed by atoms with Gasteiger partial charge in [-0.15, -0.1) is 10.2 Å². The third-order valence-electron chi connectivity index (χ3n) is 3.48. The molecule has 120 valence electrons. The van der Waals surface area contributed by atoms with Crippen LogP contribution in [0, 0.1) is 0 Å². The minimum Gasteiger partial charge on any atom is -0.486 e. The number of benzene rings is 2. The van der Waals surface area contributed by atoms with Gasteiger partial charge in [0.05, 0.1) is 0 Å². The summed E-state index contributed by atoms with van der Waals surface area (Å²) in [6.45, 7) is 0.329. The lowest BCUT2D eigenvalue weighted by atomic mass is 10.2. The van der Waals surface area contributed by atoms with Crippen LogP contribution in [0.1, 0.15) is 16.4 Å². The third kappa shape index (κ3) is 3.25. The molecule has 0 aliphatic heterocycles. The van der Waals surface area contributed by atoms with Gasteiger partial charge in [0.25, 0.3) is 0 Å². The second kappa shape index (κ2) is 6.59. The Labute approximate surface area is 147 Å². The van der Waals surface area contributed by atoms with E-state index >= 15 is 0 Å². The van der Waals surface area contributed by atoms with E-state index in [1.54, 1.807) is 4.52 Å². The van der Waals surface area contributed by atoms with Crippen LogP contribution >= 0.6 is 22.9 Å². The molecule has 5 nitrogen and oxygen atoms in total. The molecule has 0 saturated heterocycles. The zero-order valence-corrected chi connectivity index (χ0v) is 14.2. The maximum atomic E-state index is 5.92. The summed E-state index contributed by atoms with van der Waals surface area (Å²) in [4.78, 5) is 0.769. The van der Waals surface area contributed by atoms with E-state index in [1.807, 2.05) is 54.6 Å².